The van der Waals surface area contributed by atoms with E-state index in [4.69, 9.17) is 20.9 Å². The van der Waals surface area contributed by atoms with Crippen molar-refractivity contribution in [3.63, 3.8) is 0 Å². The van der Waals surface area contributed by atoms with Crippen LogP contribution in [0.2, 0.25) is 5.02 Å². The Hall–Kier alpha value is -2.28. The van der Waals surface area contributed by atoms with Gasteiger partial charge in [-0.2, -0.15) is 0 Å². The van der Waals surface area contributed by atoms with Crippen molar-refractivity contribution in [3.05, 3.63) is 53.1 Å². The summed E-state index contributed by atoms with van der Waals surface area (Å²) in [5.74, 6) is 2.25. The van der Waals surface area contributed by atoms with Gasteiger partial charge in [0, 0.05) is 43.2 Å². The zero-order valence-electron chi connectivity index (χ0n) is 16.8. The maximum atomic E-state index is 9.38. The number of ether oxygens (including phenoxy) is 1. The molecule has 0 saturated carbocycles. The highest BCUT2D eigenvalue weighted by Gasteiger charge is 2.34. The first kappa shape index (κ1) is 19.7. The van der Waals surface area contributed by atoms with Crippen LogP contribution in [-0.4, -0.2) is 54.0 Å². The van der Waals surface area contributed by atoms with E-state index < -0.39 is 0 Å². The van der Waals surface area contributed by atoms with E-state index in [0.717, 1.165) is 61.6 Å². The number of rotatable bonds is 5. The molecule has 2 aliphatic heterocycles. The molecule has 0 unspecified atom stereocenters. The molecule has 3 aromatic rings. The molecule has 0 spiro atoms. The first-order valence-corrected chi connectivity index (χ1v) is 10.9. The molecule has 2 aromatic carbocycles. The molecule has 2 aliphatic rings. The van der Waals surface area contributed by atoms with Gasteiger partial charge < -0.3 is 19.3 Å². The Kier molecular flexibility index (Phi) is 5.54. The van der Waals surface area contributed by atoms with Gasteiger partial charge in [0.15, 0.2) is 11.4 Å². The fourth-order valence-electron chi connectivity index (χ4n) is 4.66. The van der Waals surface area contributed by atoms with Crippen molar-refractivity contribution in [2.24, 2.45) is 5.92 Å². The molecular weight excluding hydrogens is 402 g/mol. The van der Waals surface area contributed by atoms with Crippen molar-refractivity contribution < 1.29 is 14.4 Å². The predicted octanol–water partition coefficient (Wildman–Crippen LogP) is 3.95. The lowest BCUT2D eigenvalue weighted by Crippen LogP contribution is -2.57. The first-order valence-electron chi connectivity index (χ1n) is 10.6. The van der Waals surface area contributed by atoms with Gasteiger partial charge in [0.2, 0.25) is 0 Å². The van der Waals surface area contributed by atoms with E-state index >= 15 is 0 Å². The van der Waals surface area contributed by atoms with Crippen LogP contribution in [-0.2, 0) is 6.61 Å². The lowest BCUT2D eigenvalue weighted by atomic mass is 9.91. The summed E-state index contributed by atoms with van der Waals surface area (Å²) in [4.78, 5) is 4.96. The number of hydrogen-bond donors (Lipinski definition) is 1. The maximum Gasteiger partial charge on any atom is 0.180 e. The molecule has 1 N–H and O–H groups in total. The lowest BCUT2D eigenvalue weighted by molar-refractivity contribution is 0.0726. The van der Waals surface area contributed by atoms with Gasteiger partial charge in [-0.1, -0.05) is 28.9 Å². The van der Waals surface area contributed by atoms with E-state index in [9.17, 15) is 5.11 Å². The van der Waals surface area contributed by atoms with Crippen molar-refractivity contribution in [2.75, 3.05) is 37.7 Å². The van der Waals surface area contributed by atoms with Crippen LogP contribution in [0.15, 0.2) is 47.0 Å². The third-order valence-corrected chi connectivity index (χ3v) is 6.71. The van der Waals surface area contributed by atoms with Gasteiger partial charge in [0.1, 0.15) is 5.75 Å². The van der Waals surface area contributed by atoms with Crippen LogP contribution >= 0.6 is 11.6 Å². The molecule has 0 bridgehead atoms. The highest BCUT2D eigenvalue weighted by Crippen LogP contribution is 2.31. The van der Waals surface area contributed by atoms with E-state index in [1.165, 1.54) is 0 Å². The molecule has 0 radical (unpaired) electrons. The summed E-state index contributed by atoms with van der Waals surface area (Å²) in [5, 5.41) is 15.4. The van der Waals surface area contributed by atoms with Crippen molar-refractivity contribution in [1.82, 2.24) is 10.1 Å². The number of piperidine rings is 1. The Morgan fingerprint density at radius 1 is 1.13 bits per heavy atom. The third-order valence-electron chi connectivity index (χ3n) is 6.34. The minimum atomic E-state index is -0.0772. The largest absolute Gasteiger partial charge is 0.493 e. The maximum absolute atomic E-state index is 9.38. The average molecular weight is 428 g/mol. The number of para-hydroxylation sites is 1. The van der Waals surface area contributed by atoms with Gasteiger partial charge in [0.25, 0.3) is 0 Å². The summed E-state index contributed by atoms with van der Waals surface area (Å²) in [6, 6.07) is 14.1. The van der Waals surface area contributed by atoms with Crippen LogP contribution < -0.4 is 9.64 Å². The summed E-state index contributed by atoms with van der Waals surface area (Å²) >= 11 is 6.07. The molecule has 6 nitrogen and oxygen atoms in total. The van der Waals surface area contributed by atoms with Gasteiger partial charge in [0.05, 0.1) is 18.6 Å². The van der Waals surface area contributed by atoms with Crippen LogP contribution in [0.4, 0.5) is 5.82 Å². The summed E-state index contributed by atoms with van der Waals surface area (Å²) in [7, 11) is 0. The van der Waals surface area contributed by atoms with Gasteiger partial charge in [-0.25, -0.2) is 0 Å². The van der Waals surface area contributed by atoms with Crippen molar-refractivity contribution >= 4 is 28.4 Å². The molecule has 5 rings (SSSR count). The number of anilines is 1. The van der Waals surface area contributed by atoms with Crippen LogP contribution in [0.3, 0.4) is 0 Å². The van der Waals surface area contributed by atoms with Gasteiger partial charge >= 0.3 is 0 Å². The lowest BCUT2D eigenvalue weighted by Gasteiger charge is -2.46. The number of benzene rings is 2. The second kappa shape index (κ2) is 8.46. The third kappa shape index (κ3) is 3.87. The van der Waals surface area contributed by atoms with E-state index in [2.05, 4.69) is 21.0 Å². The first-order chi connectivity index (χ1) is 14.7. The smallest absolute Gasteiger partial charge is 0.180 e. The van der Waals surface area contributed by atoms with Crippen molar-refractivity contribution in [3.8, 4) is 5.75 Å². The number of piperazine rings is 1. The monoisotopic (exact) mass is 427 g/mol. The SMILES string of the molecule is OCc1cc(OC[C@@H]2CC[C@H]3CN(c4noc5ccccc45)CCN3C2)ccc1Cl. The van der Waals surface area contributed by atoms with Gasteiger partial charge in [-0.05, 0) is 48.7 Å². The summed E-state index contributed by atoms with van der Waals surface area (Å²) in [6.07, 6.45) is 2.30. The Morgan fingerprint density at radius 2 is 2.03 bits per heavy atom. The van der Waals surface area contributed by atoms with Crippen LogP contribution in [0.1, 0.15) is 18.4 Å². The second-order valence-electron chi connectivity index (χ2n) is 8.26. The molecule has 0 aliphatic carbocycles. The standard InChI is InChI=1S/C23H26ClN3O3/c24-21-8-7-19(11-17(21)14-28)29-15-16-5-6-18-13-27(10-9-26(18)12-16)23-20-3-1-2-4-22(20)30-25-23/h1-4,7-8,11,16,18,28H,5-6,9-10,12-15H2/t16-,18+/m1/s1. The minimum absolute atomic E-state index is 0.0772. The molecule has 2 atom stereocenters. The van der Waals surface area contributed by atoms with Crippen LogP contribution in [0, 0.1) is 5.92 Å². The van der Waals surface area contributed by atoms with Crippen LogP contribution in [0.25, 0.3) is 11.0 Å². The fraction of sp³-hybridized carbons (Fsp3) is 0.435. The Labute approximate surface area is 181 Å². The Balaban J connectivity index is 1.18. The summed E-state index contributed by atoms with van der Waals surface area (Å²) < 4.78 is 11.5. The molecule has 3 heterocycles. The minimum Gasteiger partial charge on any atom is -0.493 e. The number of aliphatic hydroxyl groups is 1. The van der Waals surface area contributed by atoms with Crippen molar-refractivity contribution in [1.29, 1.82) is 0 Å². The topological polar surface area (TPSA) is 62.0 Å². The van der Waals surface area contributed by atoms with E-state index in [-0.39, 0.29) is 6.61 Å². The van der Waals surface area contributed by atoms with E-state index in [1.54, 1.807) is 6.07 Å². The molecule has 2 saturated heterocycles. The zero-order chi connectivity index (χ0) is 20.5. The number of hydrogen-bond acceptors (Lipinski definition) is 6. The van der Waals surface area contributed by atoms with E-state index in [0.29, 0.717) is 29.2 Å². The van der Waals surface area contributed by atoms with Crippen molar-refractivity contribution in [2.45, 2.75) is 25.5 Å². The summed E-state index contributed by atoms with van der Waals surface area (Å²) in [5.41, 5.74) is 1.55. The zero-order valence-corrected chi connectivity index (χ0v) is 17.6. The molecule has 1 aromatic heterocycles. The van der Waals surface area contributed by atoms with Gasteiger partial charge in [-0.3, -0.25) is 4.90 Å². The fourth-order valence-corrected chi connectivity index (χ4v) is 4.84. The summed E-state index contributed by atoms with van der Waals surface area (Å²) in [6.45, 7) is 4.63. The second-order valence-corrected chi connectivity index (χ2v) is 8.67. The highest BCUT2D eigenvalue weighted by molar-refractivity contribution is 6.31. The molecule has 2 fully saturated rings. The normalized spacial score (nSPS) is 22.3. The quantitative estimate of drug-likeness (QED) is 0.665. The van der Waals surface area contributed by atoms with Gasteiger partial charge in [-0.15, -0.1) is 0 Å². The molecule has 0 amide bonds. The molecular formula is C23H26ClN3O3. The Bertz CT molecular complexity index is 1020. The number of halogens is 1. The number of nitrogens with zero attached hydrogens (tertiary/aromatic N) is 3. The molecule has 158 valence electrons. The number of aliphatic hydroxyl groups excluding tert-OH is 1. The average Bonchev–Trinajstić information content (AvgIpc) is 3.22. The predicted molar refractivity (Wildman–Crippen MR) is 117 cm³/mol. The Morgan fingerprint density at radius 3 is 2.93 bits per heavy atom. The molecule has 7 heteroatoms. The van der Waals surface area contributed by atoms with E-state index in [1.807, 2.05) is 30.3 Å². The number of aromatic nitrogens is 1. The molecule has 30 heavy (non-hydrogen) atoms. The van der Waals surface area contributed by atoms with Crippen LogP contribution in [0.5, 0.6) is 5.75 Å². The number of fused-ring (bicyclic) bond motifs is 2. The highest BCUT2D eigenvalue weighted by atomic mass is 35.5.